The van der Waals surface area contributed by atoms with Crippen molar-refractivity contribution in [1.29, 1.82) is 0 Å². The minimum absolute atomic E-state index is 0.0543. The Hall–Kier alpha value is -0.0800. The Balaban J connectivity index is 2.68. The average Bonchev–Trinajstić information content (AvgIpc) is 1.74. The fourth-order valence-electron chi connectivity index (χ4n) is 2.64. The van der Waals surface area contributed by atoms with Crippen LogP contribution in [0, 0.1) is 5.92 Å². The van der Waals surface area contributed by atoms with Crippen molar-refractivity contribution in [1.82, 2.24) is 0 Å². The summed E-state index contributed by atoms with van der Waals surface area (Å²) in [6.45, 7) is 12.9. The summed E-state index contributed by atoms with van der Waals surface area (Å²) in [7, 11) is 0. The Morgan fingerprint density at radius 2 is 1.86 bits per heavy atom. The molecule has 0 saturated carbocycles. The van der Waals surface area contributed by atoms with Crippen LogP contribution >= 0.6 is 0 Å². The molecule has 1 aliphatic heterocycles. The predicted molar refractivity (Wildman–Crippen MR) is 58.2 cm³/mol. The zero-order valence-corrected chi connectivity index (χ0v) is 10.4. The molecular weight excluding hydrogens is 176 g/mol. The van der Waals surface area contributed by atoms with Gasteiger partial charge in [0, 0.05) is 12.8 Å². The third-order valence-electron chi connectivity index (χ3n) is 2.50. The summed E-state index contributed by atoms with van der Waals surface area (Å²) in [4.78, 5) is 0. The van der Waals surface area contributed by atoms with E-state index in [9.17, 15) is 0 Å². The summed E-state index contributed by atoms with van der Waals surface area (Å²) in [5, 5.41) is 0. The molecule has 1 aliphatic rings. The van der Waals surface area contributed by atoms with Gasteiger partial charge in [0.1, 0.15) is 0 Å². The van der Waals surface area contributed by atoms with Gasteiger partial charge in [-0.3, -0.25) is 0 Å². The Bertz CT molecular complexity index is 194. The molecule has 1 heterocycles. The Labute approximate surface area is 88.0 Å². The summed E-state index contributed by atoms with van der Waals surface area (Å²) in [5.74, 6) is 0.205. The number of rotatable bonds is 2. The first-order chi connectivity index (χ1) is 6.22. The molecule has 1 saturated heterocycles. The van der Waals surface area contributed by atoms with Crippen LogP contribution in [-0.4, -0.2) is 17.5 Å². The van der Waals surface area contributed by atoms with Gasteiger partial charge < -0.3 is 9.47 Å². The lowest BCUT2D eigenvalue weighted by Crippen LogP contribution is -2.50. The van der Waals surface area contributed by atoms with E-state index >= 15 is 0 Å². The quantitative estimate of drug-likeness (QED) is 0.680. The van der Waals surface area contributed by atoms with Gasteiger partial charge in [0.25, 0.3) is 0 Å². The molecule has 1 rings (SSSR count). The van der Waals surface area contributed by atoms with Gasteiger partial charge in [-0.05, 0) is 33.6 Å². The van der Waals surface area contributed by atoms with Gasteiger partial charge in [0.05, 0.1) is 11.7 Å². The van der Waals surface area contributed by atoms with Crippen molar-refractivity contribution in [3.8, 4) is 0 Å². The van der Waals surface area contributed by atoms with Crippen LogP contribution in [0.3, 0.4) is 0 Å². The summed E-state index contributed by atoms with van der Waals surface area (Å²) in [6.07, 6.45) is 2.23. The fraction of sp³-hybridized carbons (Fsp3) is 1.00. The topological polar surface area (TPSA) is 18.5 Å². The normalized spacial score (nSPS) is 37.5. The monoisotopic (exact) mass is 200 g/mol. The maximum absolute atomic E-state index is 6.02. The lowest BCUT2D eigenvalue weighted by molar-refractivity contribution is -0.335. The van der Waals surface area contributed by atoms with E-state index in [1.54, 1.807) is 0 Å². The van der Waals surface area contributed by atoms with Crippen LogP contribution in [0.4, 0.5) is 0 Å². The van der Waals surface area contributed by atoms with E-state index in [1.807, 2.05) is 0 Å². The van der Waals surface area contributed by atoms with Gasteiger partial charge in [0.2, 0.25) is 0 Å². The molecule has 2 heteroatoms. The van der Waals surface area contributed by atoms with Crippen molar-refractivity contribution in [2.45, 2.75) is 71.9 Å². The van der Waals surface area contributed by atoms with Gasteiger partial charge in [-0.15, -0.1) is 0 Å². The largest absolute Gasteiger partial charge is 0.347 e. The van der Waals surface area contributed by atoms with E-state index in [4.69, 9.17) is 9.47 Å². The standard InChI is InChI=1S/C12H24O2/c1-9(2)7-12(6)13-10(3)8-11(4,5)14-12/h9-10H,7-8H2,1-6H3/t10-,12-/m1/s1. The number of hydrogen-bond donors (Lipinski definition) is 0. The van der Waals surface area contributed by atoms with Crippen LogP contribution in [-0.2, 0) is 9.47 Å². The molecule has 2 nitrogen and oxygen atoms in total. The predicted octanol–water partition coefficient (Wildman–Crippen LogP) is 3.35. The SMILES string of the molecule is CC(C)C[C@]1(C)O[C@H](C)CC(C)(C)O1. The molecule has 0 radical (unpaired) electrons. The van der Waals surface area contributed by atoms with Crippen molar-refractivity contribution in [2.24, 2.45) is 5.92 Å². The molecule has 2 atom stereocenters. The second-order valence-corrected chi connectivity index (χ2v) is 5.73. The second kappa shape index (κ2) is 3.82. The van der Waals surface area contributed by atoms with Gasteiger partial charge in [-0.1, -0.05) is 13.8 Å². The summed E-state index contributed by atoms with van der Waals surface area (Å²) in [5.41, 5.74) is -0.0543. The first kappa shape index (κ1) is 12.0. The third-order valence-corrected chi connectivity index (χ3v) is 2.50. The van der Waals surface area contributed by atoms with Gasteiger partial charge in [0.15, 0.2) is 5.79 Å². The average molecular weight is 200 g/mol. The second-order valence-electron chi connectivity index (χ2n) is 5.73. The summed E-state index contributed by atoms with van der Waals surface area (Å²) < 4.78 is 11.9. The molecule has 0 N–H and O–H groups in total. The van der Waals surface area contributed by atoms with E-state index in [0.717, 1.165) is 12.8 Å². The maximum Gasteiger partial charge on any atom is 0.166 e. The highest BCUT2D eigenvalue weighted by atomic mass is 16.7. The highest BCUT2D eigenvalue weighted by Crippen LogP contribution is 2.37. The van der Waals surface area contributed by atoms with E-state index in [1.165, 1.54) is 0 Å². The highest BCUT2D eigenvalue weighted by Gasteiger charge is 2.41. The van der Waals surface area contributed by atoms with Gasteiger partial charge in [-0.25, -0.2) is 0 Å². The number of hydrogen-bond acceptors (Lipinski definition) is 2. The van der Waals surface area contributed by atoms with E-state index < -0.39 is 5.79 Å². The van der Waals surface area contributed by atoms with Gasteiger partial charge >= 0.3 is 0 Å². The lowest BCUT2D eigenvalue weighted by atomic mass is 9.95. The summed E-state index contributed by atoms with van der Waals surface area (Å²) in [6, 6.07) is 0. The minimum atomic E-state index is -0.394. The first-order valence-corrected chi connectivity index (χ1v) is 5.60. The molecule has 0 bridgehead atoms. The number of ether oxygens (including phenoxy) is 2. The van der Waals surface area contributed by atoms with E-state index in [2.05, 4.69) is 41.5 Å². The van der Waals surface area contributed by atoms with Crippen molar-refractivity contribution in [2.75, 3.05) is 0 Å². The highest BCUT2D eigenvalue weighted by molar-refractivity contribution is 4.83. The zero-order chi connectivity index (χ0) is 11.0. The zero-order valence-electron chi connectivity index (χ0n) is 10.4. The maximum atomic E-state index is 6.02. The molecule has 0 amide bonds. The molecule has 0 aromatic heterocycles. The van der Waals surface area contributed by atoms with Gasteiger partial charge in [-0.2, -0.15) is 0 Å². The van der Waals surface area contributed by atoms with Crippen molar-refractivity contribution >= 4 is 0 Å². The Morgan fingerprint density at radius 1 is 1.29 bits per heavy atom. The van der Waals surface area contributed by atoms with Crippen molar-refractivity contribution in [3.05, 3.63) is 0 Å². The van der Waals surface area contributed by atoms with Crippen LogP contribution in [0.25, 0.3) is 0 Å². The fourth-order valence-corrected chi connectivity index (χ4v) is 2.64. The smallest absolute Gasteiger partial charge is 0.166 e. The van der Waals surface area contributed by atoms with Crippen molar-refractivity contribution < 1.29 is 9.47 Å². The minimum Gasteiger partial charge on any atom is -0.347 e. The molecule has 0 unspecified atom stereocenters. The van der Waals surface area contributed by atoms with E-state index in [-0.39, 0.29) is 5.60 Å². The van der Waals surface area contributed by atoms with Crippen LogP contribution in [0.5, 0.6) is 0 Å². The molecule has 84 valence electrons. The van der Waals surface area contributed by atoms with Crippen LogP contribution in [0.15, 0.2) is 0 Å². The first-order valence-electron chi connectivity index (χ1n) is 5.60. The molecule has 0 aliphatic carbocycles. The Morgan fingerprint density at radius 3 is 2.29 bits per heavy atom. The van der Waals surface area contributed by atoms with Crippen LogP contribution < -0.4 is 0 Å². The van der Waals surface area contributed by atoms with Crippen molar-refractivity contribution in [3.63, 3.8) is 0 Å². The molecule has 0 spiro atoms. The molecule has 0 aromatic carbocycles. The molecule has 14 heavy (non-hydrogen) atoms. The summed E-state index contributed by atoms with van der Waals surface area (Å²) >= 11 is 0. The molecule has 0 aromatic rings. The van der Waals surface area contributed by atoms with Crippen LogP contribution in [0.1, 0.15) is 54.4 Å². The van der Waals surface area contributed by atoms with E-state index in [0.29, 0.717) is 12.0 Å². The van der Waals surface area contributed by atoms with Crippen LogP contribution in [0.2, 0.25) is 0 Å². The third kappa shape index (κ3) is 3.25. The lowest BCUT2D eigenvalue weighted by Gasteiger charge is -2.46. The molecular formula is C12H24O2. The molecule has 1 fully saturated rings. The Kier molecular flexibility index (Phi) is 3.27.